The molecule has 5 heteroatoms. The lowest BCUT2D eigenvalue weighted by atomic mass is 10.2. The molecule has 0 unspecified atom stereocenters. The van der Waals surface area contributed by atoms with E-state index in [0.29, 0.717) is 12.8 Å². The zero-order valence-corrected chi connectivity index (χ0v) is 12.3. The van der Waals surface area contributed by atoms with E-state index in [0.717, 1.165) is 6.78 Å². The fraction of sp³-hybridized carbons (Fsp3) is 0.286. The summed E-state index contributed by atoms with van der Waals surface area (Å²) >= 11 is 12.7. The Hall–Kier alpha value is 1.07. The van der Waals surface area contributed by atoms with Crippen LogP contribution in [0.15, 0.2) is 18.9 Å². The van der Waals surface area contributed by atoms with Gasteiger partial charge in [-0.2, -0.15) is 0 Å². The highest BCUT2D eigenvalue weighted by molar-refractivity contribution is 9.28. The molecule has 0 atom stereocenters. The van der Waals surface area contributed by atoms with Gasteiger partial charge in [-0.3, -0.25) is 4.79 Å². The molecule has 68 valence electrons. The van der Waals surface area contributed by atoms with E-state index in [4.69, 9.17) is 0 Å². The van der Waals surface area contributed by atoms with Crippen LogP contribution in [0, 0.1) is 0 Å². The van der Waals surface area contributed by atoms with Crippen LogP contribution in [0.2, 0.25) is 0 Å². The number of ketones is 1. The summed E-state index contributed by atoms with van der Waals surface area (Å²) in [6, 6.07) is 0. The number of carbonyl (C=O) groups excluding carboxylic acids is 1. The molecule has 0 aliphatic rings. The summed E-state index contributed by atoms with van der Waals surface area (Å²) in [6.45, 7) is 0. The zero-order chi connectivity index (χ0) is 9.56. The highest BCUT2D eigenvalue weighted by Crippen LogP contribution is 2.16. The minimum atomic E-state index is 0.169. The third-order valence-corrected chi connectivity index (χ3v) is 2.26. The van der Waals surface area contributed by atoms with Gasteiger partial charge in [0.15, 0.2) is 0 Å². The van der Waals surface area contributed by atoms with Gasteiger partial charge in [0.2, 0.25) is 0 Å². The number of halogens is 4. The summed E-state index contributed by atoms with van der Waals surface area (Å²) in [6.07, 6.45) is 4.43. The lowest BCUT2D eigenvalue weighted by Crippen LogP contribution is -1.92. The van der Waals surface area contributed by atoms with Crippen molar-refractivity contribution < 1.29 is 4.79 Å². The quantitative estimate of drug-likeness (QED) is 0.643. The Morgan fingerprint density at radius 3 is 1.50 bits per heavy atom. The smallest absolute Gasteiger partial charge is 0.140 e. The molecule has 1 nitrogen and oxygen atoms in total. The lowest BCUT2D eigenvalue weighted by Gasteiger charge is -1.90. The first-order valence-corrected chi connectivity index (χ1v) is 6.23. The van der Waals surface area contributed by atoms with Gasteiger partial charge in [0.05, 0.1) is 6.78 Å². The van der Waals surface area contributed by atoms with E-state index >= 15 is 0 Å². The fourth-order valence-electron chi connectivity index (χ4n) is 0.465. The van der Waals surface area contributed by atoms with Crippen molar-refractivity contribution in [3.63, 3.8) is 0 Å². The van der Waals surface area contributed by atoms with Crippen molar-refractivity contribution in [2.24, 2.45) is 0 Å². The second-order valence-electron chi connectivity index (χ2n) is 1.93. The van der Waals surface area contributed by atoms with Crippen LogP contribution in [-0.2, 0) is 4.79 Å². The van der Waals surface area contributed by atoms with Crippen molar-refractivity contribution in [1.82, 2.24) is 0 Å². The minimum Gasteiger partial charge on any atom is -0.299 e. The molecule has 0 spiro atoms. The van der Waals surface area contributed by atoms with E-state index in [1.165, 1.54) is 0 Å². The Balaban J connectivity index is 3.76. The Morgan fingerprint density at radius 1 is 0.917 bits per heavy atom. The maximum atomic E-state index is 11.1. The van der Waals surface area contributed by atoms with Crippen LogP contribution >= 0.6 is 63.7 Å². The van der Waals surface area contributed by atoms with Gasteiger partial charge in [0, 0.05) is 12.8 Å². The summed E-state index contributed by atoms with van der Waals surface area (Å²) in [5.74, 6) is 0.169. The first kappa shape index (κ1) is 13.1. The van der Waals surface area contributed by atoms with Crippen molar-refractivity contribution in [3.8, 4) is 0 Å². The van der Waals surface area contributed by atoms with E-state index in [2.05, 4.69) is 63.7 Å². The molecule has 0 aromatic heterocycles. The maximum Gasteiger partial charge on any atom is 0.140 e. The second-order valence-corrected chi connectivity index (χ2v) is 7.48. The van der Waals surface area contributed by atoms with E-state index in [-0.39, 0.29) is 5.78 Å². The minimum absolute atomic E-state index is 0.169. The lowest BCUT2D eigenvalue weighted by molar-refractivity contribution is -0.117. The number of Topliss-reactive ketones (excluding diaryl/α,β-unsaturated/α-hetero) is 1. The summed E-state index contributed by atoms with van der Waals surface area (Å²) in [7, 11) is 0. The molecule has 0 amide bonds. The zero-order valence-electron chi connectivity index (χ0n) is 5.99. The standard InChI is InChI=1S/C7H6Br4O/c8-6(9)3-1-5(12)2-4-7(10)11/h3-4H,1-2H2. The van der Waals surface area contributed by atoms with Gasteiger partial charge < -0.3 is 0 Å². The fourth-order valence-corrected chi connectivity index (χ4v) is 1.11. The average Bonchev–Trinajstić information content (AvgIpc) is 1.96. The largest absolute Gasteiger partial charge is 0.299 e. The molecule has 0 saturated carbocycles. The van der Waals surface area contributed by atoms with Crippen LogP contribution in [0.3, 0.4) is 0 Å². The van der Waals surface area contributed by atoms with Crippen molar-refractivity contribution in [1.29, 1.82) is 0 Å². The van der Waals surface area contributed by atoms with E-state index in [1.54, 1.807) is 12.2 Å². The van der Waals surface area contributed by atoms with Crippen molar-refractivity contribution in [2.45, 2.75) is 12.8 Å². The molecule has 0 bridgehead atoms. The molecular weight excluding hydrogens is 420 g/mol. The van der Waals surface area contributed by atoms with Gasteiger partial charge in [0.25, 0.3) is 0 Å². The number of hydrogen-bond donors (Lipinski definition) is 0. The van der Waals surface area contributed by atoms with Crippen LogP contribution in [0.25, 0.3) is 0 Å². The average molecular weight is 426 g/mol. The summed E-state index contributed by atoms with van der Waals surface area (Å²) in [5, 5.41) is 0. The number of hydrogen-bond acceptors (Lipinski definition) is 1. The van der Waals surface area contributed by atoms with E-state index in [1.807, 2.05) is 0 Å². The van der Waals surface area contributed by atoms with Crippen molar-refractivity contribution >= 4 is 69.5 Å². The molecule has 0 aliphatic heterocycles. The van der Waals surface area contributed by atoms with Crippen LogP contribution in [-0.4, -0.2) is 5.78 Å². The molecule has 0 saturated heterocycles. The van der Waals surface area contributed by atoms with Crippen LogP contribution < -0.4 is 0 Å². The molecule has 0 N–H and O–H groups in total. The Bertz CT molecular complexity index is 189. The van der Waals surface area contributed by atoms with E-state index < -0.39 is 0 Å². The molecule has 0 radical (unpaired) electrons. The van der Waals surface area contributed by atoms with Gasteiger partial charge in [0.1, 0.15) is 5.78 Å². The predicted molar refractivity (Wildman–Crippen MR) is 66.1 cm³/mol. The SMILES string of the molecule is O=C(CC=C(Br)Br)CC=C(Br)Br. The van der Waals surface area contributed by atoms with Crippen LogP contribution in [0.5, 0.6) is 0 Å². The Kier molecular flexibility index (Phi) is 8.14. The summed E-state index contributed by atoms with van der Waals surface area (Å²) < 4.78 is 1.62. The number of rotatable bonds is 4. The third kappa shape index (κ3) is 9.16. The van der Waals surface area contributed by atoms with Gasteiger partial charge in [-0.15, -0.1) is 0 Å². The van der Waals surface area contributed by atoms with Gasteiger partial charge in [-0.05, 0) is 63.7 Å². The topological polar surface area (TPSA) is 17.1 Å². The second kappa shape index (κ2) is 7.47. The maximum absolute atomic E-state index is 11.1. The molecule has 0 aliphatic carbocycles. The normalized spacial score (nSPS) is 9.00. The van der Waals surface area contributed by atoms with Crippen molar-refractivity contribution in [3.05, 3.63) is 18.9 Å². The van der Waals surface area contributed by atoms with Gasteiger partial charge in [-0.25, -0.2) is 0 Å². The number of allylic oxidation sites excluding steroid dienone is 2. The number of carbonyl (C=O) groups is 1. The molecule has 0 aromatic carbocycles. The Labute approximate surface area is 105 Å². The van der Waals surface area contributed by atoms with Crippen LogP contribution in [0.1, 0.15) is 12.8 Å². The van der Waals surface area contributed by atoms with Gasteiger partial charge >= 0.3 is 0 Å². The highest BCUT2D eigenvalue weighted by Gasteiger charge is 1.97. The van der Waals surface area contributed by atoms with Crippen molar-refractivity contribution in [2.75, 3.05) is 0 Å². The molecular formula is C7H6Br4O. The molecule has 0 rings (SSSR count). The Morgan fingerprint density at radius 2 is 1.25 bits per heavy atom. The molecule has 0 fully saturated rings. The van der Waals surface area contributed by atoms with E-state index in [9.17, 15) is 4.79 Å². The predicted octanol–water partition coefficient (Wildman–Crippen LogP) is 4.60. The summed E-state index contributed by atoms with van der Waals surface area (Å²) in [4.78, 5) is 11.1. The van der Waals surface area contributed by atoms with Crippen LogP contribution in [0.4, 0.5) is 0 Å². The molecule has 0 heterocycles. The third-order valence-electron chi connectivity index (χ3n) is 0.968. The first-order chi connectivity index (χ1) is 5.52. The molecule has 12 heavy (non-hydrogen) atoms. The monoisotopic (exact) mass is 422 g/mol. The highest BCUT2D eigenvalue weighted by atomic mass is 79.9. The summed E-state index contributed by atoms with van der Waals surface area (Å²) in [5.41, 5.74) is 0. The molecule has 0 aromatic rings. The first-order valence-electron chi connectivity index (χ1n) is 3.06. The van der Waals surface area contributed by atoms with Gasteiger partial charge in [-0.1, -0.05) is 12.2 Å².